The zero-order chi connectivity index (χ0) is 31.5. The maximum absolute atomic E-state index is 14.6. The second kappa shape index (κ2) is 12.4. The molecule has 0 aliphatic rings. The Kier molecular flexibility index (Phi) is 8.76. The Bertz CT molecular complexity index is 1780. The van der Waals surface area contributed by atoms with Crippen molar-refractivity contribution in [3.05, 3.63) is 167 Å². The maximum Gasteiger partial charge on any atom is 0.399 e. The quantitative estimate of drug-likeness (QED) is 0.122. The maximum atomic E-state index is 14.6. The van der Waals surface area contributed by atoms with Crippen molar-refractivity contribution >= 4 is 13.4 Å². The lowest BCUT2D eigenvalue weighted by molar-refractivity contribution is 0.0564. The molecule has 0 bridgehead atoms. The van der Waals surface area contributed by atoms with Crippen molar-refractivity contribution in [3.63, 3.8) is 0 Å². The number of aryl methyl sites for hydroxylation is 1. The molecule has 0 radical (unpaired) electrons. The third kappa shape index (κ3) is 6.46. The number of hydrogen-bond donors (Lipinski definition) is 2. The summed E-state index contributed by atoms with van der Waals surface area (Å²) in [4.78, 5) is 33.0. The summed E-state index contributed by atoms with van der Waals surface area (Å²) in [6.07, 6.45) is 0.316. The summed E-state index contributed by atoms with van der Waals surface area (Å²) in [5.41, 5.74) is -1.06. The first-order valence-electron chi connectivity index (χ1n) is 13.9. The van der Waals surface area contributed by atoms with Crippen LogP contribution in [0.3, 0.4) is 0 Å². The van der Waals surface area contributed by atoms with Gasteiger partial charge in [0.2, 0.25) is 0 Å². The first-order valence-corrected chi connectivity index (χ1v) is 15.5. The number of benzene rings is 5. The van der Waals surface area contributed by atoms with Gasteiger partial charge in [-0.15, -0.1) is 0 Å². The molecule has 44 heavy (non-hydrogen) atoms. The Hall–Kier alpha value is -4.29. The molecular weight excluding hydrogens is 584 g/mol. The third-order valence-electron chi connectivity index (χ3n) is 7.89. The average Bonchev–Trinajstić information content (AvgIpc) is 3.01. The van der Waals surface area contributed by atoms with E-state index in [1.807, 2.05) is 85.8 Å². The zero-order valence-electron chi connectivity index (χ0n) is 23.8. The van der Waals surface area contributed by atoms with E-state index in [0.717, 1.165) is 34.4 Å². The molecule has 0 amide bonds. The second-order valence-electron chi connectivity index (χ2n) is 11.0. The van der Waals surface area contributed by atoms with Gasteiger partial charge in [0.15, 0.2) is 5.78 Å². The number of halogens is 3. The summed E-state index contributed by atoms with van der Waals surface area (Å²) in [6, 6.07) is 35.2. The molecule has 1 atom stereocenters. The van der Waals surface area contributed by atoms with E-state index in [1.54, 1.807) is 0 Å². The predicted octanol–water partition coefficient (Wildman–Crippen LogP) is 8.63. The highest BCUT2D eigenvalue weighted by molar-refractivity contribution is 7.52. The predicted molar refractivity (Wildman–Crippen MR) is 165 cm³/mol. The topological polar surface area (TPSA) is 74.6 Å². The summed E-state index contributed by atoms with van der Waals surface area (Å²) >= 11 is 0. The Labute approximate surface area is 254 Å². The van der Waals surface area contributed by atoms with Gasteiger partial charge < -0.3 is 9.79 Å². The fourth-order valence-electron chi connectivity index (χ4n) is 5.44. The molecule has 1 unspecified atom stereocenters. The lowest BCUT2D eigenvalue weighted by atomic mass is 9.67. The zero-order valence-corrected chi connectivity index (χ0v) is 24.7. The summed E-state index contributed by atoms with van der Waals surface area (Å²) < 4.78 is 54.1. The standard InChI is InChI=1S/C36H30F3O4P/c1-25-7-17-31(18-8-25)35(34(40)30-15-21-33(37)22-16-30,23-26-9-13-29(14-10-26)28-5-3-2-4-6-28)24-27-11-19-32(20-12-27)36(38,39)44(41,42)43/h2-22H,23-24H2,1H3,(H2,41,42,43). The minimum Gasteiger partial charge on any atom is -0.320 e. The molecule has 8 heteroatoms. The van der Waals surface area contributed by atoms with E-state index in [1.165, 1.54) is 36.4 Å². The molecule has 0 fully saturated rings. The van der Waals surface area contributed by atoms with Crippen LogP contribution in [0, 0.1) is 12.7 Å². The monoisotopic (exact) mass is 614 g/mol. The number of ketones is 1. The van der Waals surface area contributed by atoms with E-state index >= 15 is 0 Å². The molecule has 0 spiro atoms. The van der Waals surface area contributed by atoms with Crippen LogP contribution >= 0.6 is 7.60 Å². The molecule has 5 aromatic carbocycles. The van der Waals surface area contributed by atoms with Crippen molar-refractivity contribution in [1.82, 2.24) is 0 Å². The highest BCUT2D eigenvalue weighted by Crippen LogP contribution is 2.59. The van der Waals surface area contributed by atoms with E-state index in [2.05, 4.69) is 0 Å². The van der Waals surface area contributed by atoms with E-state index in [4.69, 9.17) is 0 Å². The minimum atomic E-state index is -5.75. The van der Waals surface area contributed by atoms with Crippen LogP contribution in [0.2, 0.25) is 0 Å². The number of carbonyl (C=O) groups is 1. The van der Waals surface area contributed by atoms with Gasteiger partial charge in [-0.25, -0.2) is 4.39 Å². The number of alkyl halides is 2. The molecular formula is C36H30F3O4P. The van der Waals surface area contributed by atoms with E-state index in [-0.39, 0.29) is 24.2 Å². The van der Waals surface area contributed by atoms with Crippen molar-refractivity contribution in [1.29, 1.82) is 0 Å². The summed E-state index contributed by atoms with van der Waals surface area (Å²) in [5, 5.41) is 0. The molecule has 0 saturated carbocycles. The molecule has 5 aromatic rings. The molecule has 224 valence electrons. The van der Waals surface area contributed by atoms with Crippen LogP contribution in [-0.2, 0) is 28.5 Å². The van der Waals surface area contributed by atoms with Crippen LogP contribution in [-0.4, -0.2) is 15.6 Å². The first-order chi connectivity index (χ1) is 20.9. The average molecular weight is 615 g/mol. The van der Waals surface area contributed by atoms with Gasteiger partial charge in [0.1, 0.15) is 5.82 Å². The van der Waals surface area contributed by atoms with E-state index in [9.17, 15) is 32.3 Å². The molecule has 2 N–H and O–H groups in total. The number of Topliss-reactive ketones (excluding diaryl/α,β-unsaturated/α-hetero) is 1. The number of rotatable bonds is 10. The Morgan fingerprint density at radius 2 is 1.14 bits per heavy atom. The van der Waals surface area contributed by atoms with Gasteiger partial charge >= 0.3 is 13.3 Å². The van der Waals surface area contributed by atoms with Crippen molar-refractivity contribution in [2.24, 2.45) is 0 Å². The fourth-order valence-corrected chi connectivity index (χ4v) is 5.93. The van der Waals surface area contributed by atoms with Gasteiger partial charge in [-0.1, -0.05) is 109 Å². The van der Waals surface area contributed by atoms with Crippen LogP contribution in [0.25, 0.3) is 11.1 Å². The molecule has 5 rings (SSSR count). The van der Waals surface area contributed by atoms with E-state index < -0.39 is 30.1 Å². The van der Waals surface area contributed by atoms with Gasteiger partial charge in [0.05, 0.1) is 5.41 Å². The number of carbonyl (C=O) groups excluding carboxylic acids is 1. The minimum absolute atomic E-state index is 0.0778. The van der Waals surface area contributed by atoms with Crippen LogP contribution in [0.15, 0.2) is 127 Å². The largest absolute Gasteiger partial charge is 0.399 e. The lowest BCUT2D eigenvalue weighted by Crippen LogP contribution is -2.40. The van der Waals surface area contributed by atoms with Gasteiger partial charge in [-0.3, -0.25) is 9.36 Å². The summed E-state index contributed by atoms with van der Waals surface area (Å²) in [6.45, 7) is 1.93. The van der Waals surface area contributed by atoms with Crippen LogP contribution in [0.1, 0.15) is 38.2 Å². The molecule has 0 saturated heterocycles. The van der Waals surface area contributed by atoms with Crippen molar-refractivity contribution in [2.45, 2.75) is 30.8 Å². The van der Waals surface area contributed by atoms with Gasteiger partial charge in [0, 0.05) is 11.1 Å². The molecule has 4 nitrogen and oxygen atoms in total. The highest BCUT2D eigenvalue weighted by Gasteiger charge is 2.50. The molecule has 0 heterocycles. The summed E-state index contributed by atoms with van der Waals surface area (Å²) in [7, 11) is -5.75. The lowest BCUT2D eigenvalue weighted by Gasteiger charge is -2.34. The van der Waals surface area contributed by atoms with E-state index in [0.29, 0.717) is 11.1 Å². The fraction of sp³-hybridized carbons (Fsp3) is 0.139. The Balaban J connectivity index is 1.63. The second-order valence-corrected chi connectivity index (χ2v) is 12.6. The smallest absolute Gasteiger partial charge is 0.320 e. The van der Waals surface area contributed by atoms with Gasteiger partial charge in [-0.05, 0) is 71.8 Å². The van der Waals surface area contributed by atoms with Crippen LogP contribution < -0.4 is 0 Å². The normalized spacial score (nSPS) is 13.3. The SMILES string of the molecule is Cc1ccc(C(Cc2ccc(-c3ccccc3)cc2)(Cc2ccc(C(F)(F)P(=O)(O)O)cc2)C(=O)c2ccc(F)cc2)cc1. The molecule has 0 aliphatic heterocycles. The van der Waals surface area contributed by atoms with Crippen LogP contribution in [0.4, 0.5) is 13.2 Å². The summed E-state index contributed by atoms with van der Waals surface area (Å²) in [5.74, 6) is -0.765. The van der Waals surface area contributed by atoms with Crippen molar-refractivity contribution < 1.29 is 32.3 Å². The van der Waals surface area contributed by atoms with Crippen LogP contribution in [0.5, 0.6) is 0 Å². The van der Waals surface area contributed by atoms with Gasteiger partial charge in [-0.2, -0.15) is 8.78 Å². The van der Waals surface area contributed by atoms with Crippen molar-refractivity contribution in [3.8, 4) is 11.1 Å². The van der Waals surface area contributed by atoms with Crippen molar-refractivity contribution in [2.75, 3.05) is 0 Å². The molecule has 0 aromatic heterocycles. The van der Waals surface area contributed by atoms with Gasteiger partial charge in [0.25, 0.3) is 0 Å². The Morgan fingerprint density at radius 3 is 1.66 bits per heavy atom. The number of hydrogen-bond acceptors (Lipinski definition) is 2. The third-order valence-corrected chi connectivity index (χ3v) is 8.88. The Morgan fingerprint density at radius 1 is 0.659 bits per heavy atom. The highest BCUT2D eigenvalue weighted by atomic mass is 31.2. The first kappa shape index (κ1) is 31.1. The molecule has 0 aliphatic carbocycles.